The van der Waals surface area contributed by atoms with Crippen LogP contribution in [0.25, 0.3) is 0 Å². The van der Waals surface area contributed by atoms with Crippen molar-refractivity contribution in [2.24, 2.45) is 5.92 Å². The van der Waals surface area contributed by atoms with Crippen molar-refractivity contribution in [1.82, 2.24) is 10.0 Å². The molecule has 0 aliphatic heterocycles. The van der Waals surface area contributed by atoms with Crippen LogP contribution in [0, 0.1) is 11.7 Å². The number of nitrogens with one attached hydrogen (secondary N) is 2. The summed E-state index contributed by atoms with van der Waals surface area (Å²) in [6.45, 7) is 4.37. The van der Waals surface area contributed by atoms with Gasteiger partial charge in [0, 0.05) is 13.1 Å². The van der Waals surface area contributed by atoms with E-state index in [0.29, 0.717) is 18.7 Å². The van der Waals surface area contributed by atoms with Gasteiger partial charge in [-0.05, 0) is 30.7 Å². The van der Waals surface area contributed by atoms with Gasteiger partial charge in [-0.1, -0.05) is 25.4 Å². The van der Waals surface area contributed by atoms with Gasteiger partial charge in [-0.2, -0.15) is 0 Å². The molecule has 0 spiro atoms. The van der Waals surface area contributed by atoms with E-state index in [1.165, 1.54) is 6.07 Å². The summed E-state index contributed by atoms with van der Waals surface area (Å²) in [4.78, 5) is -0.111. The second-order valence-electron chi connectivity index (χ2n) is 4.65. The zero-order chi connectivity index (χ0) is 14.6. The van der Waals surface area contributed by atoms with Crippen LogP contribution < -0.4 is 10.0 Å². The predicted molar refractivity (Wildman–Crippen MR) is 74.2 cm³/mol. The number of hydrogen-bond donors (Lipinski definition) is 2. The average molecular weight is 309 g/mol. The minimum atomic E-state index is -3.71. The van der Waals surface area contributed by atoms with Gasteiger partial charge in [-0.3, -0.25) is 0 Å². The summed E-state index contributed by atoms with van der Waals surface area (Å²) in [7, 11) is -2.04. The Bertz CT molecular complexity index is 547. The smallest absolute Gasteiger partial charge is 0.240 e. The van der Waals surface area contributed by atoms with Crippen molar-refractivity contribution in [2.75, 3.05) is 13.6 Å². The fraction of sp³-hybridized carbons (Fsp3) is 0.500. The Labute approximate surface area is 118 Å². The quantitative estimate of drug-likeness (QED) is 0.846. The predicted octanol–water partition coefficient (Wildman–Crippen LogP) is 2.13. The fourth-order valence-electron chi connectivity index (χ4n) is 1.45. The summed E-state index contributed by atoms with van der Waals surface area (Å²) in [6, 6.07) is 2.31. The maximum Gasteiger partial charge on any atom is 0.240 e. The van der Waals surface area contributed by atoms with Crippen LogP contribution in [-0.2, 0) is 16.6 Å². The van der Waals surface area contributed by atoms with Gasteiger partial charge in [-0.15, -0.1) is 0 Å². The normalized spacial score (nSPS) is 12.1. The van der Waals surface area contributed by atoms with Gasteiger partial charge in [0.05, 0.1) is 9.92 Å². The molecule has 0 radical (unpaired) electrons. The molecule has 2 N–H and O–H groups in total. The molecule has 0 fully saturated rings. The summed E-state index contributed by atoms with van der Waals surface area (Å²) >= 11 is 5.79. The van der Waals surface area contributed by atoms with Crippen LogP contribution in [0.4, 0.5) is 4.39 Å². The second-order valence-corrected chi connectivity index (χ2v) is 6.80. The second kappa shape index (κ2) is 6.65. The van der Waals surface area contributed by atoms with Gasteiger partial charge in [0.25, 0.3) is 0 Å². The van der Waals surface area contributed by atoms with Crippen LogP contribution in [0.5, 0.6) is 0 Å². The van der Waals surface area contributed by atoms with Crippen LogP contribution in [-0.4, -0.2) is 22.0 Å². The summed E-state index contributed by atoms with van der Waals surface area (Å²) in [5.41, 5.74) is 0.411. The highest BCUT2D eigenvalue weighted by Gasteiger charge is 2.18. The maximum atomic E-state index is 13.6. The Morgan fingerprint density at radius 2 is 2.00 bits per heavy atom. The van der Waals surface area contributed by atoms with Gasteiger partial charge in [-0.25, -0.2) is 17.5 Å². The molecule has 0 unspecified atom stereocenters. The SMILES string of the molecule is CNCc1cc(S(=O)(=O)NCC(C)C)cc(F)c1Cl. The molecular formula is C12H18ClFN2O2S. The van der Waals surface area contributed by atoms with E-state index in [2.05, 4.69) is 10.0 Å². The number of hydrogen-bond acceptors (Lipinski definition) is 3. The van der Waals surface area contributed by atoms with Gasteiger partial charge in [0.15, 0.2) is 0 Å². The summed E-state index contributed by atoms with van der Waals surface area (Å²) < 4.78 is 40.1. The molecule has 0 amide bonds. The van der Waals surface area contributed by atoms with Gasteiger partial charge in [0.2, 0.25) is 10.0 Å². The Balaban J connectivity index is 3.13. The molecule has 0 aliphatic rings. The van der Waals surface area contributed by atoms with E-state index in [1.807, 2.05) is 13.8 Å². The van der Waals surface area contributed by atoms with Gasteiger partial charge >= 0.3 is 0 Å². The van der Waals surface area contributed by atoms with Crippen LogP contribution in [0.2, 0.25) is 5.02 Å². The maximum absolute atomic E-state index is 13.6. The molecule has 0 aliphatic carbocycles. The average Bonchev–Trinajstić information content (AvgIpc) is 2.32. The minimum Gasteiger partial charge on any atom is -0.316 e. The molecule has 1 aromatic rings. The highest BCUT2D eigenvalue weighted by Crippen LogP contribution is 2.24. The highest BCUT2D eigenvalue weighted by atomic mass is 35.5. The zero-order valence-electron chi connectivity index (χ0n) is 11.1. The first-order chi connectivity index (χ1) is 8.77. The third kappa shape index (κ3) is 4.42. The highest BCUT2D eigenvalue weighted by molar-refractivity contribution is 7.89. The van der Waals surface area contributed by atoms with Gasteiger partial charge < -0.3 is 5.32 Å². The first-order valence-electron chi connectivity index (χ1n) is 5.90. The minimum absolute atomic E-state index is 0.0582. The lowest BCUT2D eigenvalue weighted by Gasteiger charge is -2.11. The van der Waals surface area contributed by atoms with E-state index in [-0.39, 0.29) is 15.8 Å². The lowest BCUT2D eigenvalue weighted by Crippen LogP contribution is -2.27. The molecule has 0 aromatic heterocycles. The van der Waals surface area contributed by atoms with E-state index in [4.69, 9.17) is 11.6 Å². The first kappa shape index (κ1) is 16.4. The largest absolute Gasteiger partial charge is 0.316 e. The lowest BCUT2D eigenvalue weighted by molar-refractivity contribution is 0.557. The first-order valence-corrected chi connectivity index (χ1v) is 7.76. The van der Waals surface area contributed by atoms with Crippen molar-refractivity contribution in [3.05, 3.63) is 28.5 Å². The van der Waals surface area contributed by atoms with Crippen LogP contribution in [0.3, 0.4) is 0 Å². The van der Waals surface area contributed by atoms with Crippen LogP contribution in [0.1, 0.15) is 19.4 Å². The fourth-order valence-corrected chi connectivity index (χ4v) is 2.90. The summed E-state index contributed by atoms with van der Waals surface area (Å²) in [5, 5.41) is 2.76. The van der Waals surface area contributed by atoms with E-state index in [1.54, 1.807) is 7.05 Å². The monoisotopic (exact) mass is 308 g/mol. The molecule has 0 saturated heterocycles. The number of sulfonamides is 1. The van der Waals surface area contributed by atoms with Crippen molar-refractivity contribution in [3.8, 4) is 0 Å². The Kier molecular flexibility index (Phi) is 5.73. The van der Waals surface area contributed by atoms with E-state index < -0.39 is 15.8 Å². The lowest BCUT2D eigenvalue weighted by atomic mass is 10.2. The molecule has 1 aromatic carbocycles. The van der Waals surface area contributed by atoms with E-state index >= 15 is 0 Å². The number of rotatable bonds is 6. The van der Waals surface area contributed by atoms with Crippen molar-refractivity contribution in [3.63, 3.8) is 0 Å². The summed E-state index contributed by atoms with van der Waals surface area (Å²) in [6.07, 6.45) is 0. The van der Waals surface area contributed by atoms with Crippen LogP contribution >= 0.6 is 11.6 Å². The molecule has 0 heterocycles. The molecule has 7 heteroatoms. The van der Waals surface area contributed by atoms with Crippen molar-refractivity contribution < 1.29 is 12.8 Å². The third-order valence-electron chi connectivity index (χ3n) is 2.44. The molecule has 0 saturated carbocycles. The molecule has 108 valence electrons. The Morgan fingerprint density at radius 3 is 2.53 bits per heavy atom. The zero-order valence-corrected chi connectivity index (χ0v) is 12.7. The van der Waals surface area contributed by atoms with Crippen molar-refractivity contribution in [2.45, 2.75) is 25.3 Å². The van der Waals surface area contributed by atoms with Crippen molar-refractivity contribution >= 4 is 21.6 Å². The molecule has 4 nitrogen and oxygen atoms in total. The van der Waals surface area contributed by atoms with Gasteiger partial charge in [0.1, 0.15) is 5.82 Å². The van der Waals surface area contributed by atoms with E-state index in [0.717, 1.165) is 6.07 Å². The molecule has 0 bridgehead atoms. The molecular weight excluding hydrogens is 291 g/mol. The number of halogens is 2. The summed E-state index contributed by atoms with van der Waals surface area (Å²) in [5.74, 6) is -0.567. The van der Waals surface area contributed by atoms with Crippen molar-refractivity contribution in [1.29, 1.82) is 0 Å². The number of benzene rings is 1. The van der Waals surface area contributed by atoms with Crippen LogP contribution in [0.15, 0.2) is 17.0 Å². The molecule has 0 atom stereocenters. The Morgan fingerprint density at radius 1 is 1.37 bits per heavy atom. The van der Waals surface area contributed by atoms with E-state index in [9.17, 15) is 12.8 Å². The Hall–Kier alpha value is -0.690. The standard InChI is InChI=1S/C12H18ClFN2O2S/c1-8(2)6-16-19(17,18)10-4-9(7-15-3)12(13)11(14)5-10/h4-5,8,15-16H,6-7H2,1-3H3. The molecule has 19 heavy (non-hydrogen) atoms. The third-order valence-corrected chi connectivity index (χ3v) is 4.26. The molecule has 1 rings (SSSR count). The topological polar surface area (TPSA) is 58.2 Å².